The van der Waals surface area contributed by atoms with Crippen molar-refractivity contribution in [2.45, 2.75) is 36.9 Å². The van der Waals surface area contributed by atoms with Gasteiger partial charge in [0.25, 0.3) is 5.91 Å². The fourth-order valence-electron chi connectivity index (χ4n) is 3.46. The van der Waals surface area contributed by atoms with Gasteiger partial charge in [0.2, 0.25) is 0 Å². The maximum absolute atomic E-state index is 11.8. The van der Waals surface area contributed by atoms with Gasteiger partial charge < -0.3 is 30.5 Å². The van der Waals surface area contributed by atoms with Crippen LogP contribution in [0.1, 0.15) is 33.2 Å². The van der Waals surface area contributed by atoms with Crippen molar-refractivity contribution in [3.63, 3.8) is 0 Å². The Kier molecular flexibility index (Phi) is 6.43. The van der Waals surface area contributed by atoms with E-state index in [-0.39, 0.29) is 5.91 Å². The molecule has 2 aromatic rings. The summed E-state index contributed by atoms with van der Waals surface area (Å²) in [6.45, 7) is -0.465. The number of hydrogen-bond donors (Lipinski definition) is 5. The number of amides is 1. The fourth-order valence-corrected chi connectivity index (χ4v) is 3.46. The van der Waals surface area contributed by atoms with E-state index in [2.05, 4.69) is 5.32 Å². The Morgan fingerprint density at radius 2 is 1.68 bits per heavy atom. The number of aliphatic hydroxyl groups is 4. The molecule has 0 aliphatic carbocycles. The molecule has 0 radical (unpaired) electrons. The van der Waals surface area contributed by atoms with E-state index >= 15 is 0 Å². The predicted molar refractivity (Wildman–Crippen MR) is 102 cm³/mol. The highest BCUT2D eigenvalue weighted by atomic mass is 16.5. The smallest absolute Gasteiger partial charge is 0.251 e. The molecule has 1 aliphatic heterocycles. The summed E-state index contributed by atoms with van der Waals surface area (Å²) >= 11 is 0. The number of hydrogen-bond acceptors (Lipinski definition) is 6. The van der Waals surface area contributed by atoms with E-state index < -0.39 is 37.1 Å². The van der Waals surface area contributed by atoms with Crippen LogP contribution in [0.2, 0.25) is 0 Å². The van der Waals surface area contributed by atoms with Crippen LogP contribution in [0.5, 0.6) is 0 Å². The zero-order valence-electron chi connectivity index (χ0n) is 15.5. The van der Waals surface area contributed by atoms with E-state index in [9.17, 15) is 25.2 Å². The van der Waals surface area contributed by atoms with E-state index in [1.807, 2.05) is 36.4 Å². The van der Waals surface area contributed by atoms with Gasteiger partial charge in [-0.2, -0.15) is 0 Å². The number of ether oxygens (including phenoxy) is 1. The van der Waals surface area contributed by atoms with Crippen LogP contribution in [-0.2, 0) is 11.2 Å². The van der Waals surface area contributed by atoms with Crippen molar-refractivity contribution in [3.05, 3.63) is 70.8 Å². The van der Waals surface area contributed by atoms with Crippen molar-refractivity contribution in [2.24, 2.45) is 0 Å². The molecule has 7 nitrogen and oxygen atoms in total. The third-order valence-corrected chi connectivity index (χ3v) is 5.00. The third kappa shape index (κ3) is 4.24. The van der Waals surface area contributed by atoms with Crippen LogP contribution in [-0.4, -0.2) is 64.4 Å². The summed E-state index contributed by atoms with van der Waals surface area (Å²) in [6.07, 6.45) is -5.36. The van der Waals surface area contributed by atoms with Crippen molar-refractivity contribution in [1.29, 1.82) is 0 Å². The van der Waals surface area contributed by atoms with Crippen LogP contribution in [0, 0.1) is 0 Å². The zero-order valence-corrected chi connectivity index (χ0v) is 15.5. The van der Waals surface area contributed by atoms with Gasteiger partial charge in [0, 0.05) is 12.6 Å². The maximum atomic E-state index is 11.8. The standard InChI is InChI=1S/C21H25NO6/c1-22-21(27)15-7-3-5-13(10-15)8-12-4-2-6-14(9-12)20-19(26)18(25)17(24)16(11-23)28-20/h2-7,9-10,16-20,23-26H,8,11H2,1H3,(H,22,27). The van der Waals surface area contributed by atoms with Crippen molar-refractivity contribution < 1.29 is 30.0 Å². The van der Waals surface area contributed by atoms with Gasteiger partial charge in [0.1, 0.15) is 30.5 Å². The minimum Gasteiger partial charge on any atom is -0.394 e. The Labute approximate surface area is 163 Å². The molecule has 5 unspecified atom stereocenters. The van der Waals surface area contributed by atoms with E-state index in [0.29, 0.717) is 17.5 Å². The molecule has 7 heteroatoms. The van der Waals surface area contributed by atoms with Crippen LogP contribution in [0.3, 0.4) is 0 Å². The molecule has 1 aliphatic rings. The highest BCUT2D eigenvalue weighted by molar-refractivity contribution is 5.94. The number of benzene rings is 2. The summed E-state index contributed by atoms with van der Waals surface area (Å²) in [5.41, 5.74) is 3.09. The van der Waals surface area contributed by atoms with E-state index in [4.69, 9.17) is 4.74 Å². The minimum absolute atomic E-state index is 0.156. The predicted octanol–water partition coefficient (Wildman–Crippen LogP) is 0.152. The van der Waals surface area contributed by atoms with Gasteiger partial charge >= 0.3 is 0 Å². The van der Waals surface area contributed by atoms with E-state index in [1.165, 1.54) is 0 Å². The Hall–Kier alpha value is -2.29. The Balaban J connectivity index is 1.82. The van der Waals surface area contributed by atoms with Crippen molar-refractivity contribution in [2.75, 3.05) is 13.7 Å². The molecule has 0 aromatic heterocycles. The molecular formula is C21H25NO6. The van der Waals surface area contributed by atoms with Gasteiger partial charge in [-0.15, -0.1) is 0 Å². The molecule has 1 fully saturated rings. The van der Waals surface area contributed by atoms with Gasteiger partial charge in [-0.3, -0.25) is 4.79 Å². The summed E-state index contributed by atoms with van der Waals surface area (Å²) in [6, 6.07) is 14.6. The van der Waals surface area contributed by atoms with Gasteiger partial charge in [0.05, 0.1) is 6.61 Å². The second-order valence-corrected chi connectivity index (χ2v) is 6.95. The SMILES string of the molecule is CNC(=O)c1cccc(Cc2cccc(C3OC(CO)C(O)C(O)C3O)c2)c1. The van der Waals surface area contributed by atoms with Gasteiger partial charge in [-0.05, 0) is 35.2 Å². The maximum Gasteiger partial charge on any atom is 0.251 e. The molecule has 1 heterocycles. The highest BCUT2D eigenvalue weighted by Crippen LogP contribution is 2.32. The molecule has 0 saturated carbocycles. The lowest BCUT2D eigenvalue weighted by Gasteiger charge is -2.40. The average molecular weight is 387 g/mol. The van der Waals surface area contributed by atoms with Crippen LogP contribution in [0.4, 0.5) is 0 Å². The number of rotatable bonds is 5. The van der Waals surface area contributed by atoms with Gasteiger partial charge in [0.15, 0.2) is 0 Å². The van der Waals surface area contributed by atoms with Crippen molar-refractivity contribution in [3.8, 4) is 0 Å². The number of nitrogens with one attached hydrogen (secondary N) is 1. The molecule has 2 aromatic carbocycles. The van der Waals surface area contributed by atoms with Crippen LogP contribution in [0.15, 0.2) is 48.5 Å². The second-order valence-electron chi connectivity index (χ2n) is 6.95. The first-order valence-electron chi connectivity index (χ1n) is 9.15. The lowest BCUT2D eigenvalue weighted by Crippen LogP contribution is -2.55. The largest absolute Gasteiger partial charge is 0.394 e. The fraction of sp³-hybridized carbons (Fsp3) is 0.381. The summed E-state index contributed by atoms with van der Waals surface area (Å²) in [5, 5.41) is 42.2. The molecule has 1 saturated heterocycles. The van der Waals surface area contributed by atoms with Crippen molar-refractivity contribution >= 4 is 5.91 Å². The van der Waals surface area contributed by atoms with Gasteiger partial charge in [-0.25, -0.2) is 0 Å². The molecule has 5 atom stereocenters. The topological polar surface area (TPSA) is 119 Å². The van der Waals surface area contributed by atoms with E-state index in [1.54, 1.807) is 19.2 Å². The van der Waals surface area contributed by atoms with Crippen LogP contribution >= 0.6 is 0 Å². The monoisotopic (exact) mass is 387 g/mol. The van der Waals surface area contributed by atoms with Gasteiger partial charge in [-0.1, -0.05) is 36.4 Å². The molecule has 5 N–H and O–H groups in total. The lowest BCUT2D eigenvalue weighted by atomic mass is 9.90. The zero-order chi connectivity index (χ0) is 20.3. The number of aliphatic hydroxyl groups excluding tert-OH is 4. The highest BCUT2D eigenvalue weighted by Gasteiger charge is 2.43. The average Bonchev–Trinajstić information content (AvgIpc) is 2.72. The molecule has 0 bridgehead atoms. The molecule has 0 spiro atoms. The third-order valence-electron chi connectivity index (χ3n) is 5.00. The summed E-state index contributed by atoms with van der Waals surface area (Å²) < 4.78 is 5.62. The Bertz CT molecular complexity index is 824. The van der Waals surface area contributed by atoms with Crippen LogP contribution in [0.25, 0.3) is 0 Å². The first kappa shape index (κ1) is 20.4. The molecule has 3 rings (SSSR count). The molecule has 28 heavy (non-hydrogen) atoms. The first-order chi connectivity index (χ1) is 13.4. The summed E-state index contributed by atoms with van der Waals surface area (Å²) in [5.74, 6) is -0.156. The molecular weight excluding hydrogens is 362 g/mol. The first-order valence-corrected chi connectivity index (χ1v) is 9.15. The quantitative estimate of drug-likeness (QED) is 0.498. The second kappa shape index (κ2) is 8.81. The Morgan fingerprint density at radius 3 is 2.36 bits per heavy atom. The molecule has 150 valence electrons. The van der Waals surface area contributed by atoms with Crippen molar-refractivity contribution in [1.82, 2.24) is 5.32 Å². The molecule has 1 amide bonds. The minimum atomic E-state index is -1.41. The lowest BCUT2D eigenvalue weighted by molar-refractivity contribution is -0.231. The number of carbonyl (C=O) groups excluding carboxylic acids is 1. The Morgan fingerprint density at radius 1 is 1.00 bits per heavy atom. The van der Waals surface area contributed by atoms with E-state index in [0.717, 1.165) is 11.1 Å². The summed E-state index contributed by atoms with van der Waals surface area (Å²) in [7, 11) is 1.58. The summed E-state index contributed by atoms with van der Waals surface area (Å²) in [4.78, 5) is 11.8. The normalized spacial score (nSPS) is 27.4. The van der Waals surface area contributed by atoms with Crippen LogP contribution < -0.4 is 5.32 Å². The number of carbonyl (C=O) groups is 1.